The van der Waals surface area contributed by atoms with Crippen molar-refractivity contribution in [2.24, 2.45) is 5.10 Å². The highest BCUT2D eigenvalue weighted by Crippen LogP contribution is 2.33. The molecule has 1 aromatic heterocycles. The third-order valence-electron chi connectivity index (χ3n) is 4.32. The van der Waals surface area contributed by atoms with E-state index in [9.17, 15) is 19.7 Å². The van der Waals surface area contributed by atoms with Crippen molar-refractivity contribution in [3.63, 3.8) is 0 Å². The smallest absolute Gasteiger partial charge is 0.344 e. The molecular formula is C22H20BrN3O7S. The first-order valence-corrected chi connectivity index (χ1v) is 11.7. The first kappa shape index (κ1) is 25.1. The van der Waals surface area contributed by atoms with E-state index < -0.39 is 16.8 Å². The molecule has 0 unspecified atom stereocenters. The van der Waals surface area contributed by atoms with Gasteiger partial charge in [0.25, 0.3) is 11.6 Å². The number of nitro benzene ring substituents is 1. The highest BCUT2D eigenvalue weighted by molar-refractivity contribution is 9.10. The molecule has 178 valence electrons. The van der Waals surface area contributed by atoms with Gasteiger partial charge in [-0.05, 0) is 54.0 Å². The number of non-ortho nitro benzene ring substituents is 1. The standard InChI is InChI=1S/C22H20BrN3O7S/c1-3-31-17-8-14(16(23)10-18(17)33-12-21(27)32-4-2)11-24-25-22(28)20-9-13-7-15(26(29)30)5-6-19(13)34-20/h5-11H,3-4,12H2,1-2H3,(H,25,28)/b24-11-. The molecule has 0 radical (unpaired) electrons. The lowest BCUT2D eigenvalue weighted by atomic mass is 10.2. The van der Waals surface area contributed by atoms with Crippen molar-refractivity contribution in [3.8, 4) is 11.5 Å². The molecule has 0 saturated carbocycles. The fourth-order valence-corrected chi connectivity index (χ4v) is 4.20. The van der Waals surface area contributed by atoms with Crippen LogP contribution in [0.2, 0.25) is 0 Å². The maximum Gasteiger partial charge on any atom is 0.344 e. The average Bonchev–Trinajstić information content (AvgIpc) is 3.23. The first-order chi connectivity index (χ1) is 16.3. The Balaban J connectivity index is 1.72. The predicted octanol–water partition coefficient (Wildman–Crippen LogP) is 4.68. The van der Waals surface area contributed by atoms with Crippen LogP contribution < -0.4 is 14.9 Å². The fraction of sp³-hybridized carbons (Fsp3) is 0.227. The summed E-state index contributed by atoms with van der Waals surface area (Å²) < 4.78 is 17.3. The minimum absolute atomic E-state index is 0.0417. The monoisotopic (exact) mass is 549 g/mol. The minimum Gasteiger partial charge on any atom is -0.490 e. The number of benzene rings is 2. The van der Waals surface area contributed by atoms with Gasteiger partial charge in [0, 0.05) is 32.3 Å². The SMILES string of the molecule is CCOC(=O)COc1cc(Br)c(/C=N\NC(=O)c2cc3cc([N+](=O)[O-])ccc3s2)cc1OCC. The quantitative estimate of drug-likeness (QED) is 0.168. The number of rotatable bonds is 10. The van der Waals surface area contributed by atoms with Crippen LogP contribution in [-0.4, -0.2) is 42.8 Å². The molecular weight excluding hydrogens is 530 g/mol. The minimum atomic E-state index is -0.495. The summed E-state index contributed by atoms with van der Waals surface area (Å²) in [6.07, 6.45) is 1.43. The lowest BCUT2D eigenvalue weighted by Gasteiger charge is -2.13. The summed E-state index contributed by atoms with van der Waals surface area (Å²) in [5.41, 5.74) is 3.00. The number of nitro groups is 1. The van der Waals surface area contributed by atoms with Gasteiger partial charge in [-0.3, -0.25) is 14.9 Å². The highest BCUT2D eigenvalue weighted by atomic mass is 79.9. The molecule has 3 aromatic rings. The number of nitrogens with one attached hydrogen (secondary N) is 1. The first-order valence-electron chi connectivity index (χ1n) is 10.1. The third-order valence-corrected chi connectivity index (χ3v) is 6.12. The molecule has 0 aliphatic heterocycles. The van der Waals surface area contributed by atoms with Gasteiger partial charge in [0.05, 0.1) is 29.2 Å². The van der Waals surface area contributed by atoms with Gasteiger partial charge in [0.2, 0.25) is 0 Å². The van der Waals surface area contributed by atoms with Gasteiger partial charge >= 0.3 is 5.97 Å². The molecule has 0 aliphatic carbocycles. The molecule has 0 atom stereocenters. The lowest BCUT2D eigenvalue weighted by Crippen LogP contribution is -2.16. The van der Waals surface area contributed by atoms with Crippen LogP contribution in [0.25, 0.3) is 10.1 Å². The predicted molar refractivity (Wildman–Crippen MR) is 131 cm³/mol. The van der Waals surface area contributed by atoms with Crippen molar-refractivity contribution < 1.29 is 28.7 Å². The molecule has 34 heavy (non-hydrogen) atoms. The molecule has 0 saturated heterocycles. The molecule has 0 bridgehead atoms. The van der Waals surface area contributed by atoms with E-state index in [-0.39, 0.29) is 18.9 Å². The average molecular weight is 550 g/mol. The number of amides is 1. The number of esters is 1. The number of fused-ring (bicyclic) bond motifs is 1. The van der Waals surface area contributed by atoms with Crippen LogP contribution in [0, 0.1) is 10.1 Å². The normalized spacial score (nSPS) is 10.9. The molecule has 10 nitrogen and oxygen atoms in total. The molecule has 0 fully saturated rings. The van der Waals surface area contributed by atoms with E-state index in [1.54, 1.807) is 31.2 Å². The number of halogens is 1. The second-order valence-corrected chi connectivity index (χ2v) is 8.57. The Morgan fingerprint density at radius 3 is 2.62 bits per heavy atom. The second kappa shape index (κ2) is 11.6. The summed E-state index contributed by atoms with van der Waals surface area (Å²) in [6, 6.07) is 9.29. The van der Waals surface area contributed by atoms with Crippen LogP contribution in [0.4, 0.5) is 5.69 Å². The summed E-state index contributed by atoms with van der Waals surface area (Å²) >= 11 is 4.62. The Kier molecular flexibility index (Phi) is 8.55. The van der Waals surface area contributed by atoms with Gasteiger partial charge in [-0.1, -0.05) is 0 Å². The summed E-state index contributed by atoms with van der Waals surface area (Å²) in [4.78, 5) is 34.9. The lowest BCUT2D eigenvalue weighted by molar-refractivity contribution is -0.384. The van der Waals surface area contributed by atoms with E-state index in [0.29, 0.717) is 38.4 Å². The molecule has 2 aromatic carbocycles. The van der Waals surface area contributed by atoms with E-state index in [1.807, 2.05) is 6.92 Å². The van der Waals surface area contributed by atoms with E-state index in [2.05, 4.69) is 26.5 Å². The van der Waals surface area contributed by atoms with Gasteiger partial charge in [0.1, 0.15) is 0 Å². The molecule has 1 heterocycles. The van der Waals surface area contributed by atoms with Crippen molar-refractivity contribution in [3.05, 3.63) is 61.4 Å². The number of carbonyl (C=O) groups excluding carboxylic acids is 2. The number of hydrogen-bond acceptors (Lipinski definition) is 9. The summed E-state index contributed by atoms with van der Waals surface area (Å²) in [6.45, 7) is 3.88. The maximum atomic E-state index is 12.5. The number of nitrogens with zero attached hydrogens (tertiary/aromatic N) is 2. The molecule has 0 aliphatic rings. The Morgan fingerprint density at radius 2 is 1.91 bits per heavy atom. The van der Waals surface area contributed by atoms with Crippen molar-refractivity contribution in [1.29, 1.82) is 0 Å². The van der Waals surface area contributed by atoms with E-state index in [4.69, 9.17) is 14.2 Å². The number of carbonyl (C=O) groups is 2. The molecule has 0 spiro atoms. The van der Waals surface area contributed by atoms with Crippen LogP contribution >= 0.6 is 27.3 Å². The zero-order valence-electron chi connectivity index (χ0n) is 18.2. The summed E-state index contributed by atoms with van der Waals surface area (Å²) in [7, 11) is 0. The molecule has 1 N–H and O–H groups in total. The summed E-state index contributed by atoms with van der Waals surface area (Å²) in [5.74, 6) is -0.197. The summed E-state index contributed by atoms with van der Waals surface area (Å²) in [5, 5.41) is 15.5. The van der Waals surface area contributed by atoms with Gasteiger partial charge in [-0.2, -0.15) is 5.10 Å². The maximum absolute atomic E-state index is 12.5. The Morgan fingerprint density at radius 1 is 1.15 bits per heavy atom. The number of thiophene rings is 1. The second-order valence-electron chi connectivity index (χ2n) is 6.64. The largest absolute Gasteiger partial charge is 0.490 e. The zero-order valence-corrected chi connectivity index (χ0v) is 20.6. The van der Waals surface area contributed by atoms with Gasteiger partial charge in [0.15, 0.2) is 18.1 Å². The Hall–Kier alpha value is -3.51. The Labute approximate surface area is 206 Å². The third kappa shape index (κ3) is 6.29. The molecule has 1 amide bonds. The van der Waals surface area contributed by atoms with Crippen LogP contribution in [0.15, 0.2) is 46.0 Å². The van der Waals surface area contributed by atoms with Gasteiger partial charge < -0.3 is 14.2 Å². The number of ether oxygens (including phenoxy) is 3. The van der Waals surface area contributed by atoms with E-state index in [1.165, 1.54) is 29.7 Å². The number of hydrogen-bond donors (Lipinski definition) is 1. The zero-order chi connectivity index (χ0) is 24.7. The van der Waals surface area contributed by atoms with Crippen LogP contribution in [-0.2, 0) is 9.53 Å². The van der Waals surface area contributed by atoms with Crippen molar-refractivity contribution >= 4 is 61.1 Å². The van der Waals surface area contributed by atoms with Crippen molar-refractivity contribution in [1.82, 2.24) is 5.43 Å². The Bertz CT molecular complexity index is 1260. The fourth-order valence-electron chi connectivity index (χ4n) is 2.84. The highest BCUT2D eigenvalue weighted by Gasteiger charge is 2.14. The van der Waals surface area contributed by atoms with E-state index in [0.717, 1.165) is 4.70 Å². The van der Waals surface area contributed by atoms with Crippen molar-refractivity contribution in [2.75, 3.05) is 19.8 Å². The van der Waals surface area contributed by atoms with Crippen LogP contribution in [0.3, 0.4) is 0 Å². The number of hydrazone groups is 1. The molecule has 3 rings (SSSR count). The van der Waals surface area contributed by atoms with Gasteiger partial charge in [-0.15, -0.1) is 11.3 Å². The van der Waals surface area contributed by atoms with Gasteiger partial charge in [-0.25, -0.2) is 10.2 Å². The van der Waals surface area contributed by atoms with E-state index >= 15 is 0 Å². The molecule has 12 heteroatoms. The topological polar surface area (TPSA) is 129 Å². The van der Waals surface area contributed by atoms with Crippen molar-refractivity contribution in [2.45, 2.75) is 13.8 Å². The van der Waals surface area contributed by atoms with Crippen LogP contribution in [0.1, 0.15) is 29.1 Å². The van der Waals surface area contributed by atoms with Crippen LogP contribution in [0.5, 0.6) is 11.5 Å².